The molecule has 92 valence electrons. The number of benzene rings is 1. The average Bonchev–Trinajstić information content (AvgIpc) is 2.32. The largest absolute Gasteiger partial charge is 0.336 e. The van der Waals surface area contributed by atoms with E-state index in [0.29, 0.717) is 16.6 Å². The molecule has 1 aromatic carbocycles. The topological polar surface area (TPSA) is 20.3 Å². The lowest BCUT2D eigenvalue weighted by atomic mass is 10.0. The van der Waals surface area contributed by atoms with Crippen LogP contribution in [0.25, 0.3) is 0 Å². The molecule has 1 unspecified atom stereocenters. The zero-order chi connectivity index (χ0) is 12.4. The standard InChI is InChI=1S/C13H16ClNOS/c1-9-4-2-3-7-15(9)13(16)11-8-10(17)5-6-12(11)14/h5-6,8-9,17H,2-4,7H2,1H3. The minimum absolute atomic E-state index is 0.0260. The minimum Gasteiger partial charge on any atom is -0.336 e. The van der Waals surface area contributed by atoms with Crippen molar-refractivity contribution in [3.05, 3.63) is 28.8 Å². The average molecular weight is 270 g/mol. The SMILES string of the molecule is CC1CCCCN1C(=O)c1cc(S)ccc1Cl. The molecule has 1 aliphatic rings. The van der Waals surface area contributed by atoms with Crippen LogP contribution >= 0.6 is 24.2 Å². The van der Waals surface area contributed by atoms with Gasteiger partial charge >= 0.3 is 0 Å². The predicted molar refractivity (Wildman–Crippen MR) is 73.1 cm³/mol. The molecular weight excluding hydrogens is 254 g/mol. The smallest absolute Gasteiger partial charge is 0.255 e. The Kier molecular flexibility index (Phi) is 4.00. The van der Waals surface area contributed by atoms with Crippen LogP contribution in [0.5, 0.6) is 0 Å². The van der Waals surface area contributed by atoms with E-state index in [4.69, 9.17) is 11.6 Å². The second-order valence-electron chi connectivity index (χ2n) is 4.51. The zero-order valence-electron chi connectivity index (χ0n) is 9.82. The van der Waals surface area contributed by atoms with E-state index in [1.165, 1.54) is 6.42 Å². The molecular formula is C13H16ClNOS. The Bertz CT molecular complexity index is 435. The number of halogens is 1. The van der Waals surface area contributed by atoms with Gasteiger partial charge in [0.1, 0.15) is 0 Å². The molecule has 1 saturated heterocycles. The molecule has 0 spiro atoms. The van der Waals surface area contributed by atoms with Crippen LogP contribution in [-0.2, 0) is 0 Å². The summed E-state index contributed by atoms with van der Waals surface area (Å²) in [6.45, 7) is 2.92. The van der Waals surface area contributed by atoms with Crippen molar-refractivity contribution in [1.82, 2.24) is 4.90 Å². The first-order valence-corrected chi connectivity index (χ1v) is 6.71. The Labute approximate surface area is 112 Å². The fourth-order valence-electron chi connectivity index (χ4n) is 2.23. The van der Waals surface area contributed by atoms with Gasteiger partial charge in [-0.15, -0.1) is 12.6 Å². The summed E-state index contributed by atoms with van der Waals surface area (Å²) < 4.78 is 0. The molecule has 0 aromatic heterocycles. The second kappa shape index (κ2) is 5.32. The highest BCUT2D eigenvalue weighted by Crippen LogP contribution is 2.25. The van der Waals surface area contributed by atoms with Crippen molar-refractivity contribution >= 4 is 30.1 Å². The molecule has 1 aromatic rings. The summed E-state index contributed by atoms with van der Waals surface area (Å²) in [6, 6.07) is 5.57. The van der Waals surface area contributed by atoms with E-state index >= 15 is 0 Å². The summed E-state index contributed by atoms with van der Waals surface area (Å²) >= 11 is 10.3. The quantitative estimate of drug-likeness (QED) is 0.772. The number of rotatable bonds is 1. The van der Waals surface area contributed by atoms with Gasteiger partial charge in [0.2, 0.25) is 0 Å². The Balaban J connectivity index is 2.26. The lowest BCUT2D eigenvalue weighted by molar-refractivity contribution is 0.0635. The second-order valence-corrected chi connectivity index (χ2v) is 5.43. The van der Waals surface area contributed by atoms with Gasteiger partial charge in [-0.25, -0.2) is 0 Å². The van der Waals surface area contributed by atoms with Gasteiger partial charge in [-0.2, -0.15) is 0 Å². The monoisotopic (exact) mass is 269 g/mol. The summed E-state index contributed by atoms with van der Waals surface area (Å²) in [4.78, 5) is 15.1. The molecule has 4 heteroatoms. The summed E-state index contributed by atoms with van der Waals surface area (Å²) in [7, 11) is 0. The Hall–Kier alpha value is -0.670. The molecule has 0 radical (unpaired) electrons. The van der Waals surface area contributed by atoms with Crippen LogP contribution in [0.3, 0.4) is 0 Å². The fraction of sp³-hybridized carbons (Fsp3) is 0.462. The lowest BCUT2D eigenvalue weighted by Crippen LogP contribution is -2.42. The molecule has 0 N–H and O–H groups in total. The highest BCUT2D eigenvalue weighted by atomic mass is 35.5. The predicted octanol–water partition coefficient (Wildman–Crippen LogP) is 3.64. The van der Waals surface area contributed by atoms with Crippen LogP contribution < -0.4 is 0 Å². The van der Waals surface area contributed by atoms with Gasteiger partial charge in [0.05, 0.1) is 10.6 Å². The van der Waals surface area contributed by atoms with Crippen molar-refractivity contribution in [2.45, 2.75) is 37.1 Å². The van der Waals surface area contributed by atoms with E-state index in [1.54, 1.807) is 18.2 Å². The van der Waals surface area contributed by atoms with Crippen molar-refractivity contribution < 1.29 is 4.79 Å². The van der Waals surface area contributed by atoms with E-state index in [1.807, 2.05) is 4.90 Å². The highest BCUT2D eigenvalue weighted by molar-refractivity contribution is 7.80. The van der Waals surface area contributed by atoms with E-state index in [9.17, 15) is 4.79 Å². The summed E-state index contributed by atoms with van der Waals surface area (Å²) in [5, 5.41) is 0.505. The maximum atomic E-state index is 12.4. The van der Waals surface area contributed by atoms with Gasteiger partial charge in [0.25, 0.3) is 5.91 Å². The third kappa shape index (κ3) is 2.78. The Morgan fingerprint density at radius 3 is 2.94 bits per heavy atom. The normalized spacial score (nSPS) is 20.4. The van der Waals surface area contributed by atoms with Gasteiger partial charge in [-0.05, 0) is 44.4 Å². The van der Waals surface area contributed by atoms with Gasteiger partial charge in [0, 0.05) is 17.5 Å². The molecule has 1 atom stereocenters. The molecule has 0 saturated carbocycles. The van der Waals surface area contributed by atoms with Crippen molar-refractivity contribution in [1.29, 1.82) is 0 Å². The van der Waals surface area contributed by atoms with Crippen molar-refractivity contribution in [2.24, 2.45) is 0 Å². The van der Waals surface area contributed by atoms with Crippen LogP contribution in [0, 0.1) is 0 Å². The van der Waals surface area contributed by atoms with Crippen LogP contribution in [0.2, 0.25) is 5.02 Å². The number of nitrogens with zero attached hydrogens (tertiary/aromatic N) is 1. The number of carbonyl (C=O) groups excluding carboxylic acids is 1. The first kappa shape index (κ1) is 12.8. The van der Waals surface area contributed by atoms with Crippen molar-refractivity contribution in [2.75, 3.05) is 6.54 Å². The Morgan fingerprint density at radius 2 is 2.24 bits per heavy atom. The van der Waals surface area contributed by atoms with E-state index in [2.05, 4.69) is 19.6 Å². The molecule has 1 aliphatic heterocycles. The molecule has 0 aliphatic carbocycles. The zero-order valence-corrected chi connectivity index (χ0v) is 11.5. The first-order valence-electron chi connectivity index (χ1n) is 5.89. The molecule has 2 nitrogen and oxygen atoms in total. The molecule has 0 bridgehead atoms. The number of thiol groups is 1. The molecule has 1 amide bonds. The van der Waals surface area contributed by atoms with Gasteiger partial charge in [-0.1, -0.05) is 11.6 Å². The molecule has 1 fully saturated rings. The van der Waals surface area contributed by atoms with Gasteiger partial charge < -0.3 is 4.90 Å². The minimum atomic E-state index is 0.0260. The van der Waals surface area contributed by atoms with E-state index in [0.717, 1.165) is 24.3 Å². The van der Waals surface area contributed by atoms with Gasteiger partial charge in [-0.3, -0.25) is 4.79 Å². The molecule has 17 heavy (non-hydrogen) atoms. The summed E-state index contributed by atoms with van der Waals surface area (Å²) in [5.41, 5.74) is 0.563. The summed E-state index contributed by atoms with van der Waals surface area (Å²) in [6.07, 6.45) is 3.35. The number of amides is 1. The first-order chi connectivity index (χ1) is 8.09. The number of carbonyl (C=O) groups is 1. The third-order valence-corrected chi connectivity index (χ3v) is 3.85. The Morgan fingerprint density at radius 1 is 1.47 bits per heavy atom. The highest BCUT2D eigenvalue weighted by Gasteiger charge is 2.25. The summed E-state index contributed by atoms with van der Waals surface area (Å²) in [5.74, 6) is 0.0260. The molecule has 1 heterocycles. The number of likely N-dealkylation sites (tertiary alicyclic amines) is 1. The van der Waals surface area contributed by atoms with E-state index < -0.39 is 0 Å². The van der Waals surface area contributed by atoms with Crippen LogP contribution in [0.1, 0.15) is 36.5 Å². The third-order valence-electron chi connectivity index (χ3n) is 3.24. The maximum absolute atomic E-state index is 12.4. The van der Waals surface area contributed by atoms with Crippen LogP contribution in [0.4, 0.5) is 0 Å². The van der Waals surface area contributed by atoms with Crippen LogP contribution in [-0.4, -0.2) is 23.4 Å². The van der Waals surface area contributed by atoms with Crippen molar-refractivity contribution in [3.63, 3.8) is 0 Å². The van der Waals surface area contributed by atoms with Crippen LogP contribution in [0.15, 0.2) is 23.1 Å². The molecule has 2 rings (SSSR count). The number of piperidine rings is 1. The number of hydrogen-bond donors (Lipinski definition) is 1. The number of hydrogen-bond acceptors (Lipinski definition) is 2. The van der Waals surface area contributed by atoms with E-state index in [-0.39, 0.29) is 5.91 Å². The fourth-order valence-corrected chi connectivity index (χ4v) is 2.63. The maximum Gasteiger partial charge on any atom is 0.255 e. The van der Waals surface area contributed by atoms with Gasteiger partial charge in [0.15, 0.2) is 0 Å². The lowest BCUT2D eigenvalue weighted by Gasteiger charge is -2.33. The van der Waals surface area contributed by atoms with Crippen molar-refractivity contribution in [3.8, 4) is 0 Å².